The lowest BCUT2D eigenvalue weighted by molar-refractivity contribution is 0.238. The first-order chi connectivity index (χ1) is 13.6. The molecule has 1 fully saturated rings. The van der Waals surface area contributed by atoms with E-state index in [4.69, 9.17) is 4.42 Å². The van der Waals surface area contributed by atoms with Crippen LogP contribution in [0.4, 0.5) is 0 Å². The van der Waals surface area contributed by atoms with Crippen molar-refractivity contribution in [1.29, 1.82) is 0 Å². The van der Waals surface area contributed by atoms with E-state index < -0.39 is 0 Å². The average molecular weight is 377 g/mol. The predicted octanol–water partition coefficient (Wildman–Crippen LogP) is 4.34. The molecule has 2 heterocycles. The molecule has 3 aromatic rings. The molecule has 1 aliphatic rings. The van der Waals surface area contributed by atoms with E-state index in [9.17, 15) is 4.79 Å². The Morgan fingerprint density at radius 1 is 1.07 bits per heavy atom. The van der Waals surface area contributed by atoms with E-state index in [1.165, 1.54) is 18.4 Å². The summed E-state index contributed by atoms with van der Waals surface area (Å²) in [5, 5.41) is 4.63. The number of nitrogens with one attached hydrogen (secondary N) is 1. The summed E-state index contributed by atoms with van der Waals surface area (Å²) >= 11 is 0. The first-order valence-electron chi connectivity index (χ1n) is 10.2. The summed E-state index contributed by atoms with van der Waals surface area (Å²) in [5.74, 6) is 0. The van der Waals surface area contributed by atoms with Gasteiger partial charge < -0.3 is 9.73 Å². The maximum absolute atomic E-state index is 12.1. The van der Waals surface area contributed by atoms with Crippen molar-refractivity contribution in [2.24, 2.45) is 0 Å². The van der Waals surface area contributed by atoms with Crippen molar-refractivity contribution in [3.8, 4) is 0 Å². The maximum atomic E-state index is 12.1. The molecule has 2 aromatic carbocycles. The largest absolute Gasteiger partial charge is 0.422 e. The molecule has 4 nitrogen and oxygen atoms in total. The highest BCUT2D eigenvalue weighted by atomic mass is 16.4. The van der Waals surface area contributed by atoms with Crippen LogP contribution in [0.5, 0.6) is 0 Å². The molecule has 0 spiro atoms. The van der Waals surface area contributed by atoms with Crippen LogP contribution >= 0.6 is 0 Å². The third-order valence-corrected chi connectivity index (χ3v) is 5.94. The lowest BCUT2D eigenvalue weighted by Crippen LogP contribution is -2.34. The zero-order chi connectivity index (χ0) is 19.5. The number of aryl methyl sites for hydroxylation is 2. The van der Waals surface area contributed by atoms with E-state index in [-0.39, 0.29) is 5.63 Å². The molecule has 0 unspecified atom stereocenters. The van der Waals surface area contributed by atoms with Crippen molar-refractivity contribution in [3.63, 3.8) is 0 Å². The van der Waals surface area contributed by atoms with Crippen LogP contribution in [-0.4, -0.2) is 24.5 Å². The third-order valence-electron chi connectivity index (χ3n) is 5.94. The number of rotatable bonds is 6. The summed E-state index contributed by atoms with van der Waals surface area (Å²) in [7, 11) is 0. The van der Waals surface area contributed by atoms with Gasteiger partial charge in [0.05, 0.1) is 0 Å². The second kappa shape index (κ2) is 8.29. The van der Waals surface area contributed by atoms with E-state index in [0.29, 0.717) is 18.2 Å². The fourth-order valence-corrected chi connectivity index (χ4v) is 4.20. The van der Waals surface area contributed by atoms with Gasteiger partial charge in [0.2, 0.25) is 0 Å². The Kier molecular flexibility index (Phi) is 5.60. The number of nitrogens with zero attached hydrogens (tertiary/aromatic N) is 1. The molecule has 1 N–H and O–H groups in total. The van der Waals surface area contributed by atoms with Gasteiger partial charge in [-0.1, -0.05) is 42.5 Å². The van der Waals surface area contributed by atoms with Gasteiger partial charge >= 0.3 is 5.63 Å². The predicted molar refractivity (Wildman–Crippen MR) is 114 cm³/mol. The fourth-order valence-electron chi connectivity index (χ4n) is 4.20. The van der Waals surface area contributed by atoms with Gasteiger partial charge in [-0.15, -0.1) is 0 Å². The lowest BCUT2D eigenvalue weighted by Gasteiger charge is -2.28. The average Bonchev–Trinajstić information content (AvgIpc) is 3.23. The Bertz CT molecular complexity index is 1000. The number of benzene rings is 2. The van der Waals surface area contributed by atoms with Crippen LogP contribution in [0.25, 0.3) is 11.0 Å². The van der Waals surface area contributed by atoms with Crippen molar-refractivity contribution < 1.29 is 4.42 Å². The number of fused-ring (bicyclic) bond motifs is 1. The Balaban J connectivity index is 1.55. The van der Waals surface area contributed by atoms with E-state index in [2.05, 4.69) is 52.7 Å². The van der Waals surface area contributed by atoms with E-state index in [1.807, 2.05) is 13.8 Å². The number of hydrogen-bond acceptors (Lipinski definition) is 4. The zero-order valence-corrected chi connectivity index (χ0v) is 16.7. The second-order valence-corrected chi connectivity index (χ2v) is 7.78. The zero-order valence-electron chi connectivity index (χ0n) is 16.7. The normalized spacial score (nSPS) is 15.9. The van der Waals surface area contributed by atoms with E-state index in [0.717, 1.165) is 41.7 Å². The van der Waals surface area contributed by atoms with Gasteiger partial charge in [-0.3, -0.25) is 4.90 Å². The highest BCUT2D eigenvalue weighted by Crippen LogP contribution is 2.26. The summed E-state index contributed by atoms with van der Waals surface area (Å²) in [6.45, 7) is 7.87. The van der Waals surface area contributed by atoms with Crippen LogP contribution in [0.1, 0.15) is 41.1 Å². The van der Waals surface area contributed by atoms with Crippen LogP contribution in [0.15, 0.2) is 57.7 Å². The molecule has 146 valence electrons. The van der Waals surface area contributed by atoms with Crippen LogP contribution in [0.3, 0.4) is 0 Å². The quantitative estimate of drug-likeness (QED) is 0.650. The van der Waals surface area contributed by atoms with Gasteiger partial charge in [0, 0.05) is 30.6 Å². The van der Waals surface area contributed by atoms with Gasteiger partial charge in [0.25, 0.3) is 0 Å². The molecule has 0 saturated carbocycles. The molecule has 0 amide bonds. The van der Waals surface area contributed by atoms with Crippen LogP contribution < -0.4 is 10.9 Å². The molecule has 0 radical (unpaired) electrons. The van der Waals surface area contributed by atoms with Crippen LogP contribution in [-0.2, 0) is 6.54 Å². The van der Waals surface area contributed by atoms with Crippen LogP contribution in [0.2, 0.25) is 0 Å². The van der Waals surface area contributed by atoms with Gasteiger partial charge in [-0.05, 0) is 62.0 Å². The molecule has 0 bridgehead atoms. The summed E-state index contributed by atoms with van der Waals surface area (Å²) in [5.41, 5.74) is 4.96. The summed E-state index contributed by atoms with van der Waals surface area (Å²) in [6, 6.07) is 16.9. The van der Waals surface area contributed by atoms with Crippen LogP contribution in [0, 0.1) is 13.8 Å². The minimum atomic E-state index is -0.280. The summed E-state index contributed by atoms with van der Waals surface area (Å²) in [4.78, 5) is 14.7. The third kappa shape index (κ3) is 3.89. The second-order valence-electron chi connectivity index (χ2n) is 7.78. The minimum absolute atomic E-state index is 0.280. The van der Waals surface area contributed by atoms with Gasteiger partial charge in [0.15, 0.2) is 0 Å². The molecule has 4 rings (SSSR count). The standard InChI is InChI=1S/C24H28N2O2/c1-17-10-11-21-20(14-23(27)28-24(21)18(17)2)15-25-16-22(26-12-6-7-13-26)19-8-4-3-5-9-19/h3-5,8-11,14,22,25H,6-7,12-13,15-16H2,1-2H3/t22-/m1/s1. The van der Waals surface area contributed by atoms with E-state index in [1.54, 1.807) is 6.07 Å². The molecule has 1 saturated heterocycles. The van der Waals surface area contributed by atoms with Crippen molar-refractivity contribution in [2.45, 2.75) is 39.3 Å². The molecular formula is C24H28N2O2. The van der Waals surface area contributed by atoms with Gasteiger partial charge in [0.1, 0.15) is 5.58 Å². The number of hydrogen-bond donors (Lipinski definition) is 1. The molecule has 4 heteroatoms. The Labute approximate surface area is 166 Å². The first-order valence-corrected chi connectivity index (χ1v) is 10.2. The summed E-state index contributed by atoms with van der Waals surface area (Å²) in [6.07, 6.45) is 2.54. The van der Waals surface area contributed by atoms with Crippen molar-refractivity contribution >= 4 is 11.0 Å². The highest BCUT2D eigenvalue weighted by Gasteiger charge is 2.23. The highest BCUT2D eigenvalue weighted by molar-refractivity contribution is 5.83. The molecule has 1 aliphatic heterocycles. The summed E-state index contributed by atoms with van der Waals surface area (Å²) < 4.78 is 5.50. The maximum Gasteiger partial charge on any atom is 0.336 e. The molecule has 1 atom stereocenters. The molecule has 0 aliphatic carbocycles. The van der Waals surface area contributed by atoms with Gasteiger partial charge in [-0.25, -0.2) is 4.79 Å². The monoisotopic (exact) mass is 376 g/mol. The molecular weight excluding hydrogens is 348 g/mol. The Hall–Kier alpha value is -2.43. The van der Waals surface area contributed by atoms with Crippen molar-refractivity contribution in [1.82, 2.24) is 10.2 Å². The lowest BCUT2D eigenvalue weighted by atomic mass is 10.0. The Morgan fingerprint density at radius 2 is 1.82 bits per heavy atom. The minimum Gasteiger partial charge on any atom is -0.422 e. The van der Waals surface area contributed by atoms with Crippen molar-refractivity contribution in [2.75, 3.05) is 19.6 Å². The first kappa shape index (κ1) is 18.9. The van der Waals surface area contributed by atoms with Crippen molar-refractivity contribution in [3.05, 3.63) is 81.2 Å². The topological polar surface area (TPSA) is 45.5 Å². The number of likely N-dealkylation sites (tertiary alicyclic amines) is 1. The SMILES string of the molecule is Cc1ccc2c(CNC[C@H](c3ccccc3)N3CCCC3)cc(=O)oc2c1C. The Morgan fingerprint density at radius 3 is 2.57 bits per heavy atom. The smallest absolute Gasteiger partial charge is 0.336 e. The van der Waals surface area contributed by atoms with E-state index >= 15 is 0 Å². The molecule has 1 aromatic heterocycles. The fraction of sp³-hybridized carbons (Fsp3) is 0.375. The molecule has 28 heavy (non-hydrogen) atoms. The van der Waals surface area contributed by atoms with Gasteiger partial charge in [-0.2, -0.15) is 0 Å².